The fourth-order valence-electron chi connectivity index (χ4n) is 7.31. The molecule has 10 rings (SSSR count). The van der Waals surface area contributed by atoms with Gasteiger partial charge in [0.15, 0.2) is 0 Å². The standard InChI is InChI=1S/C45H30N2OS/c1-3-10-30(11-4-1)45-46-40-25-21-29-18-19-33-27-36(22-24-37(33)43(29)44(40)49-45)47(34-13-5-2-6-14-34)35-15-9-12-31(26-35)32-20-23-39-38-16-7-8-17-41(38)48-42(39)28-32/h1-28,45-46H. The van der Waals surface area contributed by atoms with Gasteiger partial charge in [-0.15, -0.1) is 0 Å². The number of rotatable bonds is 5. The molecule has 0 aliphatic carbocycles. The Morgan fingerprint density at radius 1 is 0.490 bits per heavy atom. The van der Waals surface area contributed by atoms with E-state index in [1.54, 1.807) is 0 Å². The second kappa shape index (κ2) is 11.3. The second-order valence-corrected chi connectivity index (χ2v) is 13.7. The van der Waals surface area contributed by atoms with Crippen LogP contribution in [0.5, 0.6) is 0 Å². The molecule has 1 aromatic heterocycles. The third kappa shape index (κ3) is 4.75. The van der Waals surface area contributed by atoms with E-state index < -0.39 is 0 Å². The molecule has 4 heteroatoms. The number of para-hydroxylation sites is 2. The molecule has 1 N–H and O–H groups in total. The molecule has 0 amide bonds. The fourth-order valence-corrected chi connectivity index (χ4v) is 8.62. The first kappa shape index (κ1) is 28.1. The van der Waals surface area contributed by atoms with Gasteiger partial charge in [-0.05, 0) is 93.5 Å². The fraction of sp³-hybridized carbons (Fsp3) is 0.0222. The van der Waals surface area contributed by atoms with Crippen LogP contribution in [0.2, 0.25) is 0 Å². The molecule has 8 aromatic carbocycles. The Balaban J connectivity index is 1.08. The van der Waals surface area contributed by atoms with Crippen LogP contribution < -0.4 is 10.2 Å². The maximum absolute atomic E-state index is 6.24. The third-order valence-corrected chi connectivity index (χ3v) is 10.9. The van der Waals surface area contributed by atoms with Crippen LogP contribution in [0.4, 0.5) is 22.7 Å². The number of nitrogens with one attached hydrogen (secondary N) is 1. The summed E-state index contributed by atoms with van der Waals surface area (Å²) in [5.74, 6) is 0. The maximum Gasteiger partial charge on any atom is 0.136 e. The lowest BCUT2D eigenvalue weighted by atomic mass is 9.99. The third-order valence-electron chi connectivity index (χ3n) is 9.65. The summed E-state index contributed by atoms with van der Waals surface area (Å²) in [5, 5.41) is 11.3. The van der Waals surface area contributed by atoms with Gasteiger partial charge in [-0.25, -0.2) is 0 Å². The lowest BCUT2D eigenvalue weighted by Crippen LogP contribution is -2.09. The summed E-state index contributed by atoms with van der Waals surface area (Å²) in [5.41, 5.74) is 9.89. The number of thioether (sulfide) groups is 1. The zero-order chi connectivity index (χ0) is 32.3. The highest BCUT2D eigenvalue weighted by atomic mass is 32.2. The molecule has 2 heterocycles. The summed E-state index contributed by atoms with van der Waals surface area (Å²) < 4.78 is 6.24. The topological polar surface area (TPSA) is 28.4 Å². The highest BCUT2D eigenvalue weighted by Crippen LogP contribution is 2.51. The summed E-state index contributed by atoms with van der Waals surface area (Å²) in [4.78, 5) is 3.67. The molecule has 1 aliphatic rings. The van der Waals surface area contributed by atoms with Gasteiger partial charge in [0.25, 0.3) is 0 Å². The van der Waals surface area contributed by atoms with E-state index in [2.05, 4.69) is 168 Å². The van der Waals surface area contributed by atoms with Gasteiger partial charge < -0.3 is 14.6 Å². The molecule has 0 bridgehead atoms. The Morgan fingerprint density at radius 3 is 2.08 bits per heavy atom. The molecule has 49 heavy (non-hydrogen) atoms. The molecular formula is C45H30N2OS. The van der Waals surface area contributed by atoms with E-state index in [1.807, 2.05) is 23.9 Å². The summed E-state index contributed by atoms with van der Waals surface area (Å²) in [7, 11) is 0. The van der Waals surface area contributed by atoms with Gasteiger partial charge in [0, 0.05) is 43.8 Å². The van der Waals surface area contributed by atoms with E-state index in [0.29, 0.717) is 0 Å². The van der Waals surface area contributed by atoms with Crippen LogP contribution in [-0.2, 0) is 0 Å². The normalized spacial score (nSPS) is 14.0. The number of hydrogen-bond donors (Lipinski definition) is 1. The SMILES string of the molecule is c1ccc(C2Nc3ccc4ccc5cc(N(c6ccccc6)c6cccc(-c7ccc8c(c7)oc7ccccc78)c6)ccc5c4c3S2)cc1. The minimum absolute atomic E-state index is 0.199. The molecule has 0 saturated heterocycles. The van der Waals surface area contributed by atoms with Crippen LogP contribution in [0.3, 0.4) is 0 Å². The van der Waals surface area contributed by atoms with E-state index in [1.165, 1.54) is 37.7 Å². The predicted molar refractivity (Wildman–Crippen MR) is 208 cm³/mol. The largest absolute Gasteiger partial charge is 0.456 e. The van der Waals surface area contributed by atoms with E-state index in [0.717, 1.165) is 50.1 Å². The van der Waals surface area contributed by atoms with Crippen LogP contribution in [0, 0.1) is 0 Å². The number of furan rings is 1. The van der Waals surface area contributed by atoms with Crippen LogP contribution >= 0.6 is 11.8 Å². The molecule has 9 aromatic rings. The zero-order valence-corrected chi connectivity index (χ0v) is 27.3. The number of benzene rings is 8. The van der Waals surface area contributed by atoms with Gasteiger partial charge in [0.2, 0.25) is 0 Å². The first-order chi connectivity index (χ1) is 24.3. The minimum atomic E-state index is 0.199. The zero-order valence-electron chi connectivity index (χ0n) is 26.5. The molecule has 0 saturated carbocycles. The minimum Gasteiger partial charge on any atom is -0.456 e. The van der Waals surface area contributed by atoms with Crippen molar-refractivity contribution in [1.82, 2.24) is 0 Å². The summed E-state index contributed by atoms with van der Waals surface area (Å²) in [6, 6.07) is 60.8. The van der Waals surface area contributed by atoms with Crippen molar-refractivity contribution in [2.45, 2.75) is 10.3 Å². The maximum atomic E-state index is 6.24. The lowest BCUT2D eigenvalue weighted by Gasteiger charge is -2.26. The predicted octanol–water partition coefficient (Wildman–Crippen LogP) is 13.2. The monoisotopic (exact) mass is 646 g/mol. The molecule has 232 valence electrons. The molecule has 1 aliphatic heterocycles. The number of nitrogens with zero attached hydrogens (tertiary/aromatic N) is 1. The van der Waals surface area contributed by atoms with Crippen molar-refractivity contribution < 1.29 is 4.42 Å². The summed E-state index contributed by atoms with van der Waals surface area (Å²) in [6.07, 6.45) is 0. The second-order valence-electron chi connectivity index (χ2n) is 12.6. The van der Waals surface area contributed by atoms with Crippen molar-refractivity contribution in [2.75, 3.05) is 10.2 Å². The van der Waals surface area contributed by atoms with Crippen molar-refractivity contribution in [2.24, 2.45) is 0 Å². The van der Waals surface area contributed by atoms with E-state index in [4.69, 9.17) is 4.42 Å². The molecule has 1 unspecified atom stereocenters. The van der Waals surface area contributed by atoms with Crippen LogP contribution in [0.25, 0.3) is 54.6 Å². The Kier molecular flexibility index (Phi) is 6.49. The summed E-state index contributed by atoms with van der Waals surface area (Å²) in [6.45, 7) is 0. The van der Waals surface area contributed by atoms with Gasteiger partial charge >= 0.3 is 0 Å². The number of fused-ring (bicyclic) bond motifs is 8. The van der Waals surface area contributed by atoms with Gasteiger partial charge in [-0.3, -0.25) is 0 Å². The van der Waals surface area contributed by atoms with Gasteiger partial charge in [-0.2, -0.15) is 0 Å². The molecule has 3 nitrogen and oxygen atoms in total. The highest BCUT2D eigenvalue weighted by Gasteiger charge is 2.25. The first-order valence-corrected chi connectivity index (χ1v) is 17.5. The number of anilines is 4. The Bertz CT molecular complexity index is 2680. The molecule has 1 atom stereocenters. The van der Waals surface area contributed by atoms with Crippen LogP contribution in [0.1, 0.15) is 10.9 Å². The number of hydrogen-bond acceptors (Lipinski definition) is 4. The van der Waals surface area contributed by atoms with Crippen molar-refractivity contribution >= 4 is 78.0 Å². The smallest absolute Gasteiger partial charge is 0.136 e. The molecule has 0 fully saturated rings. The van der Waals surface area contributed by atoms with Crippen molar-refractivity contribution in [1.29, 1.82) is 0 Å². The summed E-state index contributed by atoms with van der Waals surface area (Å²) >= 11 is 1.91. The molecular weight excluding hydrogens is 617 g/mol. The highest BCUT2D eigenvalue weighted by molar-refractivity contribution is 8.00. The quantitative estimate of drug-likeness (QED) is 0.188. The first-order valence-electron chi connectivity index (χ1n) is 16.6. The van der Waals surface area contributed by atoms with Crippen molar-refractivity contribution in [3.8, 4) is 11.1 Å². The Hall–Kier alpha value is -5.97. The Morgan fingerprint density at radius 2 is 1.18 bits per heavy atom. The lowest BCUT2D eigenvalue weighted by molar-refractivity contribution is 0.669. The van der Waals surface area contributed by atoms with Crippen LogP contribution in [0.15, 0.2) is 179 Å². The average Bonchev–Trinajstić information content (AvgIpc) is 3.77. The van der Waals surface area contributed by atoms with Crippen molar-refractivity contribution in [3.05, 3.63) is 175 Å². The average molecular weight is 647 g/mol. The molecule has 0 spiro atoms. The molecule has 0 radical (unpaired) electrons. The Labute approximate surface area is 288 Å². The van der Waals surface area contributed by atoms with E-state index >= 15 is 0 Å². The van der Waals surface area contributed by atoms with Gasteiger partial charge in [0.1, 0.15) is 16.5 Å². The van der Waals surface area contributed by atoms with E-state index in [-0.39, 0.29) is 5.37 Å². The van der Waals surface area contributed by atoms with Gasteiger partial charge in [-0.1, -0.05) is 121 Å². The van der Waals surface area contributed by atoms with Crippen LogP contribution in [-0.4, -0.2) is 0 Å². The van der Waals surface area contributed by atoms with Crippen molar-refractivity contribution in [3.63, 3.8) is 0 Å². The van der Waals surface area contributed by atoms with E-state index in [9.17, 15) is 0 Å². The van der Waals surface area contributed by atoms with Gasteiger partial charge in [0.05, 0.1) is 0 Å².